The van der Waals surface area contributed by atoms with Crippen molar-refractivity contribution in [2.45, 2.75) is 37.6 Å². The molecule has 2 atom stereocenters. The average molecular weight is 432 g/mol. The van der Waals surface area contributed by atoms with E-state index in [1.165, 1.54) is 40.7 Å². The van der Waals surface area contributed by atoms with E-state index in [9.17, 15) is 17.6 Å². The molecule has 1 saturated heterocycles. The van der Waals surface area contributed by atoms with Crippen molar-refractivity contribution in [1.82, 2.24) is 4.31 Å². The molecule has 2 unspecified atom stereocenters. The number of sulfonamides is 1. The van der Waals surface area contributed by atoms with Crippen LogP contribution in [-0.2, 0) is 26.1 Å². The van der Waals surface area contributed by atoms with Crippen molar-refractivity contribution >= 4 is 16.0 Å². The highest BCUT2D eigenvalue weighted by Gasteiger charge is 2.32. The largest absolute Gasteiger partial charge is 0.457 e. The predicted octanol–water partition coefficient (Wildman–Crippen LogP) is 2.85. The molecule has 1 aliphatic rings. The minimum absolute atomic E-state index is 0.0631. The van der Waals surface area contributed by atoms with Gasteiger partial charge in [0, 0.05) is 18.7 Å². The van der Waals surface area contributed by atoms with Gasteiger partial charge >= 0.3 is 5.97 Å². The van der Waals surface area contributed by atoms with Gasteiger partial charge in [-0.2, -0.15) is 9.57 Å². The maximum atomic E-state index is 13.8. The van der Waals surface area contributed by atoms with Crippen LogP contribution in [0.2, 0.25) is 0 Å². The first-order valence-corrected chi connectivity index (χ1v) is 10.8. The summed E-state index contributed by atoms with van der Waals surface area (Å²) in [6.45, 7) is 3.79. The third-order valence-electron chi connectivity index (χ3n) is 4.65. The van der Waals surface area contributed by atoms with Gasteiger partial charge in [-0.25, -0.2) is 17.6 Å². The topological polar surface area (TPSA) is 96.7 Å². The predicted molar refractivity (Wildman–Crippen MR) is 105 cm³/mol. The lowest BCUT2D eigenvalue weighted by atomic mass is 10.1. The van der Waals surface area contributed by atoms with Crippen LogP contribution >= 0.6 is 0 Å². The van der Waals surface area contributed by atoms with E-state index in [0.717, 1.165) is 6.07 Å². The third kappa shape index (κ3) is 4.84. The van der Waals surface area contributed by atoms with Crippen LogP contribution < -0.4 is 0 Å². The van der Waals surface area contributed by atoms with Crippen molar-refractivity contribution in [3.05, 3.63) is 65.0 Å². The monoisotopic (exact) mass is 432 g/mol. The van der Waals surface area contributed by atoms with E-state index in [2.05, 4.69) is 0 Å². The Morgan fingerprint density at radius 1 is 1.20 bits per heavy atom. The van der Waals surface area contributed by atoms with Crippen LogP contribution in [0.15, 0.2) is 47.4 Å². The van der Waals surface area contributed by atoms with Crippen LogP contribution in [0.25, 0.3) is 0 Å². The summed E-state index contributed by atoms with van der Waals surface area (Å²) in [7, 11) is -3.72. The average Bonchev–Trinajstić information content (AvgIpc) is 2.72. The molecule has 3 rings (SSSR count). The standard InChI is InChI=1S/C21H21FN2O5S/c1-14-11-24(12-15(2)29-14)30(26,27)19-6-4-17(5-7-19)21(25)28-13-18-9-16(10-23)3-8-20(18)22/h3-9,14-15H,11-13H2,1-2H3. The fourth-order valence-electron chi connectivity index (χ4n) is 3.22. The first kappa shape index (κ1) is 21.9. The minimum Gasteiger partial charge on any atom is -0.457 e. The Labute approximate surface area is 174 Å². The normalized spacial score (nSPS) is 19.8. The van der Waals surface area contributed by atoms with Crippen LogP contribution in [0.3, 0.4) is 0 Å². The van der Waals surface area contributed by atoms with Crippen molar-refractivity contribution < 1.29 is 27.1 Å². The van der Waals surface area contributed by atoms with Crippen molar-refractivity contribution in [2.24, 2.45) is 0 Å². The first-order chi connectivity index (χ1) is 14.2. The first-order valence-electron chi connectivity index (χ1n) is 9.32. The molecule has 0 spiro atoms. The quantitative estimate of drug-likeness (QED) is 0.674. The van der Waals surface area contributed by atoms with Crippen molar-refractivity contribution in [3.63, 3.8) is 0 Å². The second kappa shape index (κ2) is 8.92. The maximum Gasteiger partial charge on any atom is 0.338 e. The lowest BCUT2D eigenvalue weighted by Gasteiger charge is -2.34. The second-order valence-electron chi connectivity index (χ2n) is 7.10. The summed E-state index contributed by atoms with van der Waals surface area (Å²) < 4.78 is 51.5. The molecule has 2 aromatic carbocycles. The van der Waals surface area contributed by atoms with Gasteiger partial charge in [-0.05, 0) is 56.3 Å². The summed E-state index contributed by atoms with van der Waals surface area (Å²) in [4.78, 5) is 12.3. The van der Waals surface area contributed by atoms with Crippen LogP contribution in [-0.4, -0.2) is 44.0 Å². The summed E-state index contributed by atoms with van der Waals surface area (Å²) in [5.41, 5.74) is 0.468. The molecule has 0 aliphatic carbocycles. The van der Waals surface area contributed by atoms with Gasteiger partial charge in [-0.15, -0.1) is 0 Å². The highest BCUT2D eigenvalue weighted by atomic mass is 32.2. The Morgan fingerprint density at radius 2 is 1.83 bits per heavy atom. The fraction of sp³-hybridized carbons (Fsp3) is 0.333. The number of esters is 1. The molecular formula is C21H21FN2O5S. The zero-order chi connectivity index (χ0) is 21.9. The van der Waals surface area contributed by atoms with Gasteiger partial charge in [-0.1, -0.05) is 0 Å². The van der Waals surface area contributed by atoms with Gasteiger partial charge in [0.15, 0.2) is 0 Å². The number of morpholine rings is 1. The van der Waals surface area contributed by atoms with Gasteiger partial charge in [-0.3, -0.25) is 0 Å². The van der Waals surface area contributed by atoms with Gasteiger partial charge < -0.3 is 9.47 Å². The highest BCUT2D eigenvalue weighted by Crippen LogP contribution is 2.22. The molecule has 0 bridgehead atoms. The molecule has 1 fully saturated rings. The minimum atomic E-state index is -3.72. The lowest BCUT2D eigenvalue weighted by molar-refractivity contribution is -0.0440. The summed E-state index contributed by atoms with van der Waals surface area (Å²) in [5, 5.41) is 8.88. The Bertz CT molecular complexity index is 1070. The molecule has 0 saturated carbocycles. The number of rotatable bonds is 5. The number of carbonyl (C=O) groups is 1. The summed E-state index contributed by atoms with van der Waals surface area (Å²) in [6, 6.07) is 11.0. The van der Waals surface area contributed by atoms with Gasteiger partial charge in [0.1, 0.15) is 12.4 Å². The van der Waals surface area contributed by atoms with E-state index in [4.69, 9.17) is 14.7 Å². The summed E-state index contributed by atoms with van der Waals surface area (Å²) >= 11 is 0. The van der Waals surface area contributed by atoms with Crippen LogP contribution in [0, 0.1) is 17.1 Å². The molecule has 0 aromatic heterocycles. The lowest BCUT2D eigenvalue weighted by Crippen LogP contribution is -2.48. The number of carbonyl (C=O) groups excluding carboxylic acids is 1. The zero-order valence-corrected chi connectivity index (χ0v) is 17.4. The Balaban J connectivity index is 1.69. The number of halogens is 1. The molecule has 0 amide bonds. The van der Waals surface area contributed by atoms with E-state index < -0.39 is 21.8 Å². The van der Waals surface area contributed by atoms with Gasteiger partial charge in [0.25, 0.3) is 0 Å². The van der Waals surface area contributed by atoms with Crippen molar-refractivity contribution in [1.29, 1.82) is 5.26 Å². The van der Waals surface area contributed by atoms with Crippen LogP contribution in [0.5, 0.6) is 0 Å². The highest BCUT2D eigenvalue weighted by molar-refractivity contribution is 7.89. The van der Waals surface area contributed by atoms with E-state index in [1.54, 1.807) is 0 Å². The summed E-state index contributed by atoms with van der Waals surface area (Å²) in [5.74, 6) is -1.31. The molecule has 2 aromatic rings. The van der Waals surface area contributed by atoms with Crippen molar-refractivity contribution in [2.75, 3.05) is 13.1 Å². The number of nitriles is 1. The smallest absolute Gasteiger partial charge is 0.338 e. The number of nitrogens with zero attached hydrogens (tertiary/aromatic N) is 2. The zero-order valence-electron chi connectivity index (χ0n) is 16.5. The Kier molecular flexibility index (Phi) is 6.51. The molecule has 9 heteroatoms. The van der Waals surface area contributed by atoms with E-state index >= 15 is 0 Å². The van der Waals surface area contributed by atoms with Crippen molar-refractivity contribution in [3.8, 4) is 6.07 Å². The van der Waals surface area contributed by atoms with Gasteiger partial charge in [0.2, 0.25) is 10.0 Å². The van der Waals surface area contributed by atoms with Crippen LogP contribution in [0.4, 0.5) is 4.39 Å². The molecule has 0 N–H and O–H groups in total. The van der Waals surface area contributed by atoms with E-state index in [1.807, 2.05) is 19.9 Å². The Morgan fingerprint density at radius 3 is 2.43 bits per heavy atom. The second-order valence-corrected chi connectivity index (χ2v) is 9.04. The SMILES string of the molecule is CC1CN(S(=O)(=O)c2ccc(C(=O)OCc3cc(C#N)ccc3F)cc2)CC(C)O1. The number of benzene rings is 2. The molecule has 1 heterocycles. The maximum absolute atomic E-state index is 13.8. The third-order valence-corrected chi connectivity index (χ3v) is 6.49. The van der Waals surface area contributed by atoms with E-state index in [0.29, 0.717) is 0 Å². The van der Waals surface area contributed by atoms with E-state index in [-0.39, 0.29) is 53.5 Å². The number of hydrogen-bond acceptors (Lipinski definition) is 6. The summed E-state index contributed by atoms with van der Waals surface area (Å²) in [6.07, 6.45) is -0.421. The fourth-order valence-corrected chi connectivity index (χ4v) is 4.81. The number of ether oxygens (including phenoxy) is 2. The molecule has 158 valence electrons. The number of hydrogen-bond donors (Lipinski definition) is 0. The molecule has 7 nitrogen and oxygen atoms in total. The molecule has 0 radical (unpaired) electrons. The van der Waals surface area contributed by atoms with Crippen LogP contribution in [0.1, 0.15) is 35.3 Å². The molecule has 30 heavy (non-hydrogen) atoms. The molecular weight excluding hydrogens is 411 g/mol. The Hall–Kier alpha value is -2.80. The molecule has 1 aliphatic heterocycles. The van der Waals surface area contributed by atoms with Gasteiger partial charge in [0.05, 0.1) is 34.3 Å².